The number of benzene rings is 1. The molecule has 3 nitrogen and oxygen atoms in total. The summed E-state index contributed by atoms with van der Waals surface area (Å²) in [6, 6.07) is 8.67. The highest BCUT2D eigenvalue weighted by Gasteiger charge is 2.21. The van der Waals surface area contributed by atoms with Gasteiger partial charge in [-0.1, -0.05) is 12.1 Å². The minimum absolute atomic E-state index is 0.255. The van der Waals surface area contributed by atoms with Gasteiger partial charge in [-0.3, -0.25) is 0 Å². The van der Waals surface area contributed by atoms with Gasteiger partial charge in [-0.05, 0) is 25.0 Å². The molecule has 0 spiro atoms. The van der Waals surface area contributed by atoms with Gasteiger partial charge in [-0.25, -0.2) is 0 Å². The SMILES string of the molecule is OC(CCl)CNc1ccccc1NC1CC1. The van der Waals surface area contributed by atoms with Crippen molar-refractivity contribution in [3.8, 4) is 0 Å². The molecule has 3 N–H and O–H groups in total. The summed E-state index contributed by atoms with van der Waals surface area (Å²) >= 11 is 5.55. The lowest BCUT2D eigenvalue weighted by atomic mass is 10.2. The van der Waals surface area contributed by atoms with Crippen LogP contribution in [0.5, 0.6) is 0 Å². The maximum atomic E-state index is 9.39. The average molecular weight is 241 g/mol. The Kier molecular flexibility index (Phi) is 3.91. The fraction of sp³-hybridized carbons (Fsp3) is 0.500. The molecular weight excluding hydrogens is 224 g/mol. The number of halogens is 1. The first-order chi connectivity index (χ1) is 7.79. The highest BCUT2D eigenvalue weighted by molar-refractivity contribution is 6.18. The van der Waals surface area contributed by atoms with Crippen molar-refractivity contribution in [2.75, 3.05) is 23.1 Å². The second-order valence-electron chi connectivity index (χ2n) is 4.15. The quantitative estimate of drug-likeness (QED) is 0.669. The van der Waals surface area contributed by atoms with Crippen LogP contribution in [0, 0.1) is 0 Å². The van der Waals surface area contributed by atoms with E-state index < -0.39 is 6.10 Å². The third-order valence-electron chi connectivity index (χ3n) is 2.57. The van der Waals surface area contributed by atoms with Crippen molar-refractivity contribution in [3.05, 3.63) is 24.3 Å². The molecular formula is C12H17ClN2O. The molecule has 2 rings (SSSR count). The molecule has 1 fully saturated rings. The van der Waals surface area contributed by atoms with Crippen LogP contribution in [0.2, 0.25) is 0 Å². The van der Waals surface area contributed by atoms with Crippen molar-refractivity contribution >= 4 is 23.0 Å². The standard InChI is InChI=1S/C12H17ClN2O/c13-7-10(16)8-14-11-3-1-2-4-12(11)15-9-5-6-9/h1-4,9-10,14-16H,5-8H2. The van der Waals surface area contributed by atoms with Gasteiger partial charge in [-0.15, -0.1) is 11.6 Å². The van der Waals surface area contributed by atoms with Crippen LogP contribution < -0.4 is 10.6 Å². The summed E-state index contributed by atoms with van der Waals surface area (Å²) < 4.78 is 0. The number of rotatable bonds is 6. The lowest BCUT2D eigenvalue weighted by Gasteiger charge is -2.15. The number of para-hydroxylation sites is 2. The van der Waals surface area contributed by atoms with Crippen LogP contribution >= 0.6 is 11.6 Å². The second kappa shape index (κ2) is 5.41. The predicted octanol–water partition coefficient (Wildman–Crippen LogP) is 2.27. The summed E-state index contributed by atoms with van der Waals surface area (Å²) in [6.07, 6.45) is 1.99. The summed E-state index contributed by atoms with van der Waals surface area (Å²) in [7, 11) is 0. The van der Waals surface area contributed by atoms with Crippen molar-refractivity contribution in [2.24, 2.45) is 0 Å². The third kappa shape index (κ3) is 3.29. The smallest absolute Gasteiger partial charge is 0.0847 e. The summed E-state index contributed by atoms with van der Waals surface area (Å²) in [5.41, 5.74) is 2.13. The van der Waals surface area contributed by atoms with E-state index in [0.29, 0.717) is 12.6 Å². The monoisotopic (exact) mass is 240 g/mol. The van der Waals surface area contributed by atoms with Crippen LogP contribution in [-0.4, -0.2) is 29.7 Å². The summed E-state index contributed by atoms with van der Waals surface area (Å²) in [4.78, 5) is 0. The van der Waals surface area contributed by atoms with Crippen LogP contribution in [-0.2, 0) is 0 Å². The van der Waals surface area contributed by atoms with E-state index >= 15 is 0 Å². The molecule has 0 bridgehead atoms. The largest absolute Gasteiger partial charge is 0.390 e. The van der Waals surface area contributed by atoms with Crippen LogP contribution in [0.3, 0.4) is 0 Å². The van der Waals surface area contributed by atoms with E-state index in [1.54, 1.807) is 0 Å². The van der Waals surface area contributed by atoms with Gasteiger partial charge in [0.25, 0.3) is 0 Å². The Balaban J connectivity index is 1.95. The lowest BCUT2D eigenvalue weighted by molar-refractivity contribution is 0.211. The predicted molar refractivity (Wildman–Crippen MR) is 68.3 cm³/mol. The molecule has 1 saturated carbocycles. The molecule has 0 aromatic heterocycles. The first-order valence-corrected chi connectivity index (χ1v) is 6.16. The Morgan fingerprint density at radius 1 is 1.31 bits per heavy atom. The van der Waals surface area contributed by atoms with Gasteiger partial charge in [0, 0.05) is 12.6 Å². The molecule has 1 atom stereocenters. The summed E-state index contributed by atoms with van der Waals surface area (Å²) in [5.74, 6) is 0.255. The summed E-state index contributed by atoms with van der Waals surface area (Å²) in [6.45, 7) is 0.479. The molecule has 1 aliphatic rings. The molecule has 0 radical (unpaired) electrons. The van der Waals surface area contributed by atoms with E-state index in [-0.39, 0.29) is 5.88 Å². The molecule has 1 aliphatic carbocycles. The first-order valence-electron chi connectivity index (χ1n) is 5.63. The van der Waals surface area contributed by atoms with Gasteiger partial charge in [0.15, 0.2) is 0 Å². The second-order valence-corrected chi connectivity index (χ2v) is 4.46. The first kappa shape index (κ1) is 11.6. The minimum Gasteiger partial charge on any atom is -0.390 e. The Hall–Kier alpha value is -0.930. The Morgan fingerprint density at radius 2 is 2.00 bits per heavy atom. The molecule has 4 heteroatoms. The maximum absolute atomic E-state index is 9.39. The fourth-order valence-electron chi connectivity index (χ4n) is 1.49. The molecule has 0 aliphatic heterocycles. The number of aliphatic hydroxyl groups is 1. The van der Waals surface area contributed by atoms with Crippen molar-refractivity contribution in [1.29, 1.82) is 0 Å². The number of aliphatic hydroxyl groups excluding tert-OH is 1. The number of hydrogen-bond acceptors (Lipinski definition) is 3. The molecule has 0 saturated heterocycles. The molecule has 88 valence electrons. The average Bonchev–Trinajstić information content (AvgIpc) is 3.11. The Morgan fingerprint density at radius 3 is 2.62 bits per heavy atom. The van der Waals surface area contributed by atoms with Crippen molar-refractivity contribution in [3.63, 3.8) is 0 Å². The number of hydrogen-bond donors (Lipinski definition) is 3. The summed E-state index contributed by atoms with van der Waals surface area (Å²) in [5, 5.41) is 16.0. The van der Waals surface area contributed by atoms with E-state index in [1.807, 2.05) is 24.3 Å². The molecule has 0 amide bonds. The van der Waals surface area contributed by atoms with Gasteiger partial charge in [0.2, 0.25) is 0 Å². The zero-order valence-electron chi connectivity index (χ0n) is 9.12. The van der Waals surface area contributed by atoms with Crippen molar-refractivity contribution in [1.82, 2.24) is 0 Å². The highest BCUT2D eigenvalue weighted by Crippen LogP contribution is 2.29. The van der Waals surface area contributed by atoms with Crippen LogP contribution in [0.15, 0.2) is 24.3 Å². The van der Waals surface area contributed by atoms with Gasteiger partial charge < -0.3 is 15.7 Å². The van der Waals surface area contributed by atoms with Crippen LogP contribution in [0.4, 0.5) is 11.4 Å². The van der Waals surface area contributed by atoms with Gasteiger partial charge in [-0.2, -0.15) is 0 Å². The topological polar surface area (TPSA) is 44.3 Å². The highest BCUT2D eigenvalue weighted by atomic mass is 35.5. The zero-order chi connectivity index (χ0) is 11.4. The zero-order valence-corrected chi connectivity index (χ0v) is 9.87. The molecule has 1 unspecified atom stereocenters. The van der Waals surface area contributed by atoms with Gasteiger partial charge >= 0.3 is 0 Å². The maximum Gasteiger partial charge on any atom is 0.0847 e. The van der Waals surface area contributed by atoms with Crippen LogP contribution in [0.25, 0.3) is 0 Å². The number of alkyl halides is 1. The van der Waals surface area contributed by atoms with Crippen molar-refractivity contribution in [2.45, 2.75) is 25.0 Å². The van der Waals surface area contributed by atoms with E-state index in [2.05, 4.69) is 10.6 Å². The fourth-order valence-corrected chi connectivity index (χ4v) is 1.60. The van der Waals surface area contributed by atoms with E-state index in [0.717, 1.165) is 11.4 Å². The Bertz CT molecular complexity index is 342. The molecule has 1 aromatic rings. The van der Waals surface area contributed by atoms with E-state index in [4.69, 9.17) is 11.6 Å². The van der Waals surface area contributed by atoms with Gasteiger partial charge in [0.05, 0.1) is 23.4 Å². The van der Waals surface area contributed by atoms with E-state index in [1.165, 1.54) is 12.8 Å². The molecule has 16 heavy (non-hydrogen) atoms. The molecule has 1 aromatic carbocycles. The lowest BCUT2D eigenvalue weighted by Crippen LogP contribution is -2.21. The van der Waals surface area contributed by atoms with E-state index in [9.17, 15) is 5.11 Å². The van der Waals surface area contributed by atoms with Crippen LogP contribution in [0.1, 0.15) is 12.8 Å². The minimum atomic E-state index is -0.504. The normalized spacial score (nSPS) is 16.9. The Labute approximate surface area is 101 Å². The third-order valence-corrected chi connectivity index (χ3v) is 2.93. The van der Waals surface area contributed by atoms with Gasteiger partial charge in [0.1, 0.15) is 0 Å². The number of nitrogens with one attached hydrogen (secondary N) is 2. The molecule has 0 heterocycles. The number of anilines is 2. The van der Waals surface area contributed by atoms with Crippen molar-refractivity contribution < 1.29 is 5.11 Å².